The first-order valence-electron chi connectivity index (χ1n) is 8.04. The van der Waals surface area contributed by atoms with E-state index in [-0.39, 0.29) is 5.92 Å². The highest BCUT2D eigenvalue weighted by Crippen LogP contribution is 2.30. The third-order valence-electron chi connectivity index (χ3n) is 3.95. The van der Waals surface area contributed by atoms with Crippen LogP contribution in [0.4, 0.5) is 0 Å². The molecule has 3 heteroatoms. The van der Waals surface area contributed by atoms with Gasteiger partial charge in [0.2, 0.25) is 5.79 Å². The molecule has 0 aliphatic heterocycles. The Kier molecular flexibility index (Phi) is 6.37. The summed E-state index contributed by atoms with van der Waals surface area (Å²) >= 11 is 0. The van der Waals surface area contributed by atoms with Gasteiger partial charge in [-0.3, -0.25) is 0 Å². The van der Waals surface area contributed by atoms with E-state index in [9.17, 15) is 5.11 Å². The molecule has 1 atom stereocenters. The van der Waals surface area contributed by atoms with Gasteiger partial charge in [0, 0.05) is 13.0 Å². The van der Waals surface area contributed by atoms with Crippen molar-refractivity contribution in [1.29, 1.82) is 0 Å². The van der Waals surface area contributed by atoms with Crippen LogP contribution in [-0.4, -0.2) is 24.3 Å². The fourth-order valence-electron chi connectivity index (χ4n) is 2.60. The summed E-state index contributed by atoms with van der Waals surface area (Å²) in [5.74, 6) is -0.748. The van der Waals surface area contributed by atoms with E-state index in [4.69, 9.17) is 9.47 Å². The number of allylic oxidation sites excluding steroid dienone is 2. The van der Waals surface area contributed by atoms with Crippen molar-refractivity contribution in [1.82, 2.24) is 0 Å². The molecule has 1 N–H and O–H groups in total. The maximum absolute atomic E-state index is 10.0. The summed E-state index contributed by atoms with van der Waals surface area (Å²) in [4.78, 5) is 0. The lowest BCUT2D eigenvalue weighted by atomic mass is 9.93. The van der Waals surface area contributed by atoms with Crippen molar-refractivity contribution in [3.63, 3.8) is 0 Å². The molecule has 0 heterocycles. The largest absolute Gasteiger partial charge is 0.368 e. The lowest BCUT2D eigenvalue weighted by Gasteiger charge is -2.32. The average molecular weight is 302 g/mol. The Bertz CT molecular complexity index is 479. The summed E-state index contributed by atoms with van der Waals surface area (Å²) in [7, 11) is 1.59. The number of benzene rings is 1. The van der Waals surface area contributed by atoms with Gasteiger partial charge in [-0.25, -0.2) is 0 Å². The molecule has 22 heavy (non-hydrogen) atoms. The van der Waals surface area contributed by atoms with E-state index >= 15 is 0 Å². The Labute approximate surface area is 133 Å². The molecule has 0 saturated heterocycles. The summed E-state index contributed by atoms with van der Waals surface area (Å²) in [5.41, 5.74) is 1.23. The van der Waals surface area contributed by atoms with Crippen LogP contribution in [0.3, 0.4) is 0 Å². The average Bonchev–Trinajstić information content (AvgIpc) is 2.56. The number of hydrogen-bond acceptors (Lipinski definition) is 3. The van der Waals surface area contributed by atoms with Crippen LogP contribution in [-0.2, 0) is 9.47 Å². The summed E-state index contributed by atoms with van der Waals surface area (Å²) < 4.78 is 11.2. The predicted molar refractivity (Wildman–Crippen MR) is 88.4 cm³/mol. The van der Waals surface area contributed by atoms with Crippen molar-refractivity contribution in [2.24, 2.45) is 0 Å². The quantitative estimate of drug-likeness (QED) is 0.445. The van der Waals surface area contributed by atoms with Gasteiger partial charge in [-0.2, -0.15) is 0 Å². The Morgan fingerprint density at radius 1 is 1.14 bits per heavy atom. The van der Waals surface area contributed by atoms with Crippen molar-refractivity contribution in [3.05, 3.63) is 60.2 Å². The van der Waals surface area contributed by atoms with Crippen molar-refractivity contribution in [3.8, 4) is 0 Å². The number of hydrogen-bond donors (Lipinski definition) is 1. The van der Waals surface area contributed by atoms with Crippen LogP contribution in [0, 0.1) is 0 Å². The lowest BCUT2D eigenvalue weighted by Crippen LogP contribution is -2.36. The van der Waals surface area contributed by atoms with E-state index in [0.717, 1.165) is 19.3 Å². The standard InChI is InChI=1S/C19H26O3/c1-3-4-6-11-18(20)22-19(21-2)14-12-17(13-15-19)16-9-7-5-8-10-16/h5,7-10,12-15,17-18,20H,3-4,6,11H2,1-2H3. The zero-order valence-corrected chi connectivity index (χ0v) is 13.4. The molecule has 0 radical (unpaired) electrons. The number of methoxy groups -OCH3 is 1. The van der Waals surface area contributed by atoms with Gasteiger partial charge >= 0.3 is 0 Å². The number of rotatable bonds is 8. The summed E-state index contributed by atoms with van der Waals surface area (Å²) in [6.45, 7) is 2.14. The van der Waals surface area contributed by atoms with Gasteiger partial charge in [-0.05, 0) is 30.6 Å². The van der Waals surface area contributed by atoms with Gasteiger partial charge in [0.25, 0.3) is 0 Å². The molecule has 0 bridgehead atoms. The van der Waals surface area contributed by atoms with Gasteiger partial charge < -0.3 is 14.6 Å². The fourth-order valence-corrected chi connectivity index (χ4v) is 2.60. The SMILES string of the molecule is CCCCCC(O)OC1(OC)C=CC(c2ccccc2)C=C1. The van der Waals surface area contributed by atoms with Gasteiger partial charge in [-0.1, -0.05) is 62.2 Å². The molecule has 0 fully saturated rings. The van der Waals surface area contributed by atoms with E-state index in [1.54, 1.807) is 7.11 Å². The van der Waals surface area contributed by atoms with E-state index in [1.807, 2.05) is 30.4 Å². The molecule has 1 aromatic rings. The van der Waals surface area contributed by atoms with Crippen molar-refractivity contribution in [2.45, 2.75) is 50.6 Å². The highest BCUT2D eigenvalue weighted by atomic mass is 16.7. The minimum absolute atomic E-state index is 0.213. The van der Waals surface area contributed by atoms with E-state index in [1.165, 1.54) is 5.56 Å². The Balaban J connectivity index is 1.97. The monoisotopic (exact) mass is 302 g/mol. The second kappa shape index (κ2) is 8.28. The van der Waals surface area contributed by atoms with Gasteiger partial charge in [0.15, 0.2) is 6.29 Å². The van der Waals surface area contributed by atoms with E-state index in [2.05, 4.69) is 31.2 Å². The normalized spacial score (nSPS) is 25.3. The van der Waals surface area contributed by atoms with Gasteiger partial charge in [0.05, 0.1) is 0 Å². The summed E-state index contributed by atoms with van der Waals surface area (Å²) in [5, 5.41) is 10.0. The minimum atomic E-state index is -0.961. The molecular formula is C19H26O3. The van der Waals surface area contributed by atoms with Crippen LogP contribution >= 0.6 is 0 Å². The summed E-state index contributed by atoms with van der Waals surface area (Å²) in [6.07, 6.45) is 10.9. The number of aliphatic hydroxyl groups is 1. The zero-order valence-electron chi connectivity index (χ0n) is 13.4. The maximum atomic E-state index is 10.0. The summed E-state index contributed by atoms with van der Waals surface area (Å²) in [6, 6.07) is 10.3. The van der Waals surface area contributed by atoms with Crippen LogP contribution in [0.5, 0.6) is 0 Å². The van der Waals surface area contributed by atoms with Gasteiger partial charge in [-0.15, -0.1) is 0 Å². The first-order chi connectivity index (χ1) is 10.7. The molecule has 3 nitrogen and oxygen atoms in total. The molecule has 2 rings (SSSR count). The van der Waals surface area contributed by atoms with E-state index in [0.29, 0.717) is 6.42 Å². The number of aliphatic hydroxyl groups excluding tert-OH is 1. The molecule has 1 aliphatic carbocycles. The molecular weight excluding hydrogens is 276 g/mol. The van der Waals surface area contributed by atoms with Crippen LogP contribution < -0.4 is 0 Å². The first kappa shape index (κ1) is 16.9. The van der Waals surface area contributed by atoms with Crippen molar-refractivity contribution in [2.75, 3.05) is 7.11 Å². The second-order valence-corrected chi connectivity index (χ2v) is 5.65. The van der Waals surface area contributed by atoms with E-state index < -0.39 is 12.1 Å². The Morgan fingerprint density at radius 2 is 1.82 bits per heavy atom. The zero-order chi connectivity index (χ0) is 15.8. The maximum Gasteiger partial charge on any atom is 0.210 e. The molecule has 0 amide bonds. The number of ether oxygens (including phenoxy) is 2. The molecule has 1 unspecified atom stereocenters. The smallest absolute Gasteiger partial charge is 0.210 e. The molecule has 120 valence electrons. The Morgan fingerprint density at radius 3 is 2.41 bits per heavy atom. The Hall–Kier alpha value is -1.42. The fraction of sp³-hybridized carbons (Fsp3) is 0.474. The molecule has 1 aromatic carbocycles. The van der Waals surface area contributed by atoms with Crippen LogP contribution in [0.1, 0.15) is 44.1 Å². The topological polar surface area (TPSA) is 38.7 Å². The second-order valence-electron chi connectivity index (χ2n) is 5.65. The molecule has 0 aromatic heterocycles. The third-order valence-corrected chi connectivity index (χ3v) is 3.95. The predicted octanol–water partition coefficient (Wildman–Crippen LogP) is 4.15. The molecule has 0 saturated carbocycles. The van der Waals surface area contributed by atoms with Crippen LogP contribution in [0.25, 0.3) is 0 Å². The molecule has 0 spiro atoms. The first-order valence-corrected chi connectivity index (χ1v) is 8.04. The molecule has 1 aliphatic rings. The highest BCUT2D eigenvalue weighted by molar-refractivity contribution is 5.33. The van der Waals surface area contributed by atoms with Crippen molar-refractivity contribution >= 4 is 0 Å². The highest BCUT2D eigenvalue weighted by Gasteiger charge is 2.30. The minimum Gasteiger partial charge on any atom is -0.368 e. The third kappa shape index (κ3) is 4.54. The van der Waals surface area contributed by atoms with Crippen LogP contribution in [0.2, 0.25) is 0 Å². The lowest BCUT2D eigenvalue weighted by molar-refractivity contribution is -0.243. The number of unbranched alkanes of at least 4 members (excludes halogenated alkanes) is 2. The van der Waals surface area contributed by atoms with Gasteiger partial charge in [0.1, 0.15) is 0 Å². The van der Waals surface area contributed by atoms with Crippen molar-refractivity contribution < 1.29 is 14.6 Å². The van der Waals surface area contributed by atoms with Crippen LogP contribution in [0.15, 0.2) is 54.6 Å².